The Labute approximate surface area is 117 Å². The summed E-state index contributed by atoms with van der Waals surface area (Å²) < 4.78 is 10.5. The fourth-order valence-corrected chi connectivity index (χ4v) is 11.8. The molecule has 0 unspecified atom stereocenters. The minimum atomic E-state index is -2.20. The molecule has 0 atom stereocenters. The molecule has 102 valence electrons. The molecule has 1 aromatic carbocycles. The van der Waals surface area contributed by atoms with Crippen LogP contribution in [0.1, 0.15) is 39.2 Å². The van der Waals surface area contributed by atoms with Crippen molar-refractivity contribution in [1.82, 2.24) is 0 Å². The summed E-state index contributed by atoms with van der Waals surface area (Å²) in [7, 11) is 0. The molecular weight excluding hydrogens is 327 g/mol. The minimum absolute atomic E-state index is 0.936. The Balaban J connectivity index is 2.42. The number of benzene rings is 1. The normalized spacial score (nSPS) is 11.7. The predicted octanol–water partition coefficient (Wildman–Crippen LogP) is 5.03. The third-order valence-corrected chi connectivity index (χ3v) is 17.2. The maximum absolute atomic E-state index is 6.44. The fraction of sp³-hybridized carbons (Fsp3) is 0.625. The summed E-state index contributed by atoms with van der Waals surface area (Å²) in [5, 5.41) is 0. The summed E-state index contributed by atoms with van der Waals surface area (Å²) in [4.78, 5) is 0. The standard InChI is InChI=1S/C8H9O.C4H9.2C2H5.Sn/c9-7-6-8-4-2-1-3-5-8;1-3-4-2;2*1-2;/h1-5H,6-7H2;1,3-4H2,2H3;2*1H2,2H3;/q-1;;;;+1. The van der Waals surface area contributed by atoms with E-state index in [0.29, 0.717) is 0 Å². The Bertz CT molecular complexity index is 306. The molecule has 0 aliphatic heterocycles. The third-order valence-electron chi connectivity index (χ3n) is 3.92. The van der Waals surface area contributed by atoms with Crippen molar-refractivity contribution in [3.63, 3.8) is 0 Å². The zero-order valence-corrected chi connectivity index (χ0v) is 15.1. The maximum atomic E-state index is 6.44. The van der Waals surface area contributed by atoms with E-state index in [9.17, 15) is 0 Å². The molecule has 1 rings (SSSR count). The number of hydrogen-bond donors (Lipinski definition) is 0. The number of hydrogen-bond acceptors (Lipinski definition) is 1. The summed E-state index contributed by atoms with van der Waals surface area (Å²) in [6, 6.07) is 10.7. The molecule has 0 spiro atoms. The van der Waals surface area contributed by atoms with Crippen LogP contribution in [0.2, 0.25) is 13.3 Å². The van der Waals surface area contributed by atoms with E-state index in [1.54, 1.807) is 0 Å². The topological polar surface area (TPSA) is 9.23 Å². The van der Waals surface area contributed by atoms with Crippen LogP contribution in [0.5, 0.6) is 0 Å². The van der Waals surface area contributed by atoms with Crippen LogP contribution in [0.25, 0.3) is 0 Å². The van der Waals surface area contributed by atoms with E-state index >= 15 is 0 Å². The first kappa shape index (κ1) is 16.0. The SMILES string of the molecule is CCC[CH2][Sn]([CH2]C)([CH2]C)[O]CCc1ccccc1. The molecule has 0 N–H and O–H groups in total. The van der Waals surface area contributed by atoms with Crippen LogP contribution in [-0.4, -0.2) is 25.4 Å². The number of rotatable bonds is 9. The molecule has 0 radical (unpaired) electrons. The molecular formula is C16H28OSn. The van der Waals surface area contributed by atoms with Crippen molar-refractivity contribution >= 4 is 18.8 Å². The van der Waals surface area contributed by atoms with Gasteiger partial charge in [-0.05, 0) is 0 Å². The summed E-state index contributed by atoms with van der Waals surface area (Å²) in [5.41, 5.74) is 1.40. The second-order valence-corrected chi connectivity index (χ2v) is 18.1. The molecule has 0 aromatic heterocycles. The van der Waals surface area contributed by atoms with Crippen molar-refractivity contribution in [2.24, 2.45) is 0 Å². The van der Waals surface area contributed by atoms with Gasteiger partial charge in [0, 0.05) is 0 Å². The van der Waals surface area contributed by atoms with Gasteiger partial charge in [-0.25, -0.2) is 0 Å². The molecule has 0 bridgehead atoms. The average Bonchev–Trinajstić information content (AvgIpc) is 2.44. The van der Waals surface area contributed by atoms with Crippen LogP contribution in [0, 0.1) is 0 Å². The van der Waals surface area contributed by atoms with Gasteiger partial charge in [-0.15, -0.1) is 0 Å². The Hall–Kier alpha value is -0.0213. The first-order chi connectivity index (χ1) is 8.76. The van der Waals surface area contributed by atoms with Crippen LogP contribution < -0.4 is 0 Å². The van der Waals surface area contributed by atoms with Gasteiger partial charge in [0.05, 0.1) is 0 Å². The van der Waals surface area contributed by atoms with Gasteiger partial charge >= 0.3 is 118 Å². The van der Waals surface area contributed by atoms with E-state index in [4.69, 9.17) is 3.07 Å². The molecule has 18 heavy (non-hydrogen) atoms. The van der Waals surface area contributed by atoms with Crippen molar-refractivity contribution in [1.29, 1.82) is 0 Å². The molecule has 0 amide bonds. The summed E-state index contributed by atoms with van der Waals surface area (Å²) in [5.74, 6) is 0. The van der Waals surface area contributed by atoms with Crippen LogP contribution in [0.15, 0.2) is 30.3 Å². The van der Waals surface area contributed by atoms with Gasteiger partial charge in [0.1, 0.15) is 0 Å². The molecule has 1 nitrogen and oxygen atoms in total. The van der Waals surface area contributed by atoms with Crippen molar-refractivity contribution in [2.45, 2.75) is 53.3 Å². The zero-order chi connectivity index (χ0) is 13.3. The second-order valence-electron chi connectivity index (χ2n) is 5.08. The van der Waals surface area contributed by atoms with E-state index in [0.717, 1.165) is 13.0 Å². The fourth-order valence-electron chi connectivity index (χ4n) is 2.41. The van der Waals surface area contributed by atoms with E-state index < -0.39 is 18.8 Å². The molecule has 0 saturated heterocycles. The molecule has 0 fully saturated rings. The van der Waals surface area contributed by atoms with E-state index in [1.807, 2.05) is 0 Å². The quantitative estimate of drug-likeness (QED) is 0.565. The van der Waals surface area contributed by atoms with Gasteiger partial charge in [0.2, 0.25) is 0 Å². The molecule has 0 heterocycles. The van der Waals surface area contributed by atoms with Crippen LogP contribution >= 0.6 is 0 Å². The monoisotopic (exact) mass is 356 g/mol. The van der Waals surface area contributed by atoms with Gasteiger partial charge in [-0.1, -0.05) is 0 Å². The first-order valence-corrected chi connectivity index (χ1v) is 14.7. The second kappa shape index (κ2) is 8.97. The predicted molar refractivity (Wildman–Crippen MR) is 82.5 cm³/mol. The van der Waals surface area contributed by atoms with Crippen LogP contribution in [-0.2, 0) is 9.49 Å². The summed E-state index contributed by atoms with van der Waals surface area (Å²) in [6.45, 7) is 7.91. The van der Waals surface area contributed by atoms with Crippen LogP contribution in [0.3, 0.4) is 0 Å². The Morgan fingerprint density at radius 1 is 1.00 bits per heavy atom. The molecule has 0 saturated carbocycles. The Kier molecular flexibility index (Phi) is 7.99. The van der Waals surface area contributed by atoms with E-state index in [-0.39, 0.29) is 0 Å². The third kappa shape index (κ3) is 5.31. The van der Waals surface area contributed by atoms with E-state index in [1.165, 1.54) is 31.7 Å². The van der Waals surface area contributed by atoms with Gasteiger partial charge in [-0.2, -0.15) is 0 Å². The van der Waals surface area contributed by atoms with Gasteiger partial charge in [0.15, 0.2) is 0 Å². The van der Waals surface area contributed by atoms with Gasteiger partial charge < -0.3 is 0 Å². The van der Waals surface area contributed by atoms with Crippen molar-refractivity contribution in [3.05, 3.63) is 35.9 Å². The Morgan fingerprint density at radius 3 is 2.22 bits per heavy atom. The van der Waals surface area contributed by atoms with Crippen molar-refractivity contribution in [2.75, 3.05) is 6.61 Å². The molecule has 2 heteroatoms. The summed E-state index contributed by atoms with van der Waals surface area (Å²) in [6.07, 6.45) is 3.75. The molecule has 0 aliphatic carbocycles. The van der Waals surface area contributed by atoms with Crippen molar-refractivity contribution in [3.8, 4) is 0 Å². The average molecular weight is 355 g/mol. The van der Waals surface area contributed by atoms with E-state index in [2.05, 4.69) is 51.1 Å². The molecule has 1 aromatic rings. The Morgan fingerprint density at radius 2 is 1.67 bits per heavy atom. The molecule has 0 aliphatic rings. The zero-order valence-electron chi connectivity index (χ0n) is 12.2. The van der Waals surface area contributed by atoms with Gasteiger partial charge in [-0.3, -0.25) is 0 Å². The van der Waals surface area contributed by atoms with Crippen molar-refractivity contribution < 1.29 is 3.07 Å². The van der Waals surface area contributed by atoms with Crippen LogP contribution in [0.4, 0.5) is 0 Å². The first-order valence-electron chi connectivity index (χ1n) is 7.44. The number of unbranched alkanes of at least 4 members (excludes halogenated alkanes) is 1. The summed E-state index contributed by atoms with van der Waals surface area (Å²) >= 11 is -2.20. The van der Waals surface area contributed by atoms with Gasteiger partial charge in [0.25, 0.3) is 0 Å².